The van der Waals surface area contributed by atoms with Crippen LogP contribution < -0.4 is 5.32 Å². The fourth-order valence-corrected chi connectivity index (χ4v) is 1.38. The Morgan fingerprint density at radius 2 is 2.11 bits per heavy atom. The van der Waals surface area contributed by atoms with Crippen molar-refractivity contribution in [3.8, 4) is 6.07 Å². The van der Waals surface area contributed by atoms with Crippen LogP contribution in [-0.2, 0) is 11.2 Å². The first kappa shape index (κ1) is 14.1. The summed E-state index contributed by atoms with van der Waals surface area (Å²) < 4.78 is 25.6. The second kappa shape index (κ2) is 5.58. The van der Waals surface area contributed by atoms with Crippen LogP contribution in [0.1, 0.15) is 25.8 Å². The molecule has 0 fully saturated rings. The van der Waals surface area contributed by atoms with Gasteiger partial charge in [-0.3, -0.25) is 4.79 Å². The zero-order chi connectivity index (χ0) is 13.8. The molecule has 5 heteroatoms. The highest BCUT2D eigenvalue weighted by molar-refractivity contribution is 5.79. The van der Waals surface area contributed by atoms with Gasteiger partial charge in [0.1, 0.15) is 5.54 Å². The smallest absolute Gasteiger partial charge is 0.225 e. The van der Waals surface area contributed by atoms with Gasteiger partial charge in [-0.2, -0.15) is 5.26 Å². The van der Waals surface area contributed by atoms with Gasteiger partial charge in [0, 0.05) is 0 Å². The van der Waals surface area contributed by atoms with Crippen LogP contribution >= 0.6 is 0 Å². The first-order valence-corrected chi connectivity index (χ1v) is 5.56. The molecule has 18 heavy (non-hydrogen) atoms. The lowest BCUT2D eigenvalue weighted by Crippen LogP contribution is -2.44. The highest BCUT2D eigenvalue weighted by atomic mass is 19.2. The molecule has 1 unspecified atom stereocenters. The molecule has 0 aromatic heterocycles. The maximum Gasteiger partial charge on any atom is 0.225 e. The van der Waals surface area contributed by atoms with E-state index in [9.17, 15) is 13.6 Å². The van der Waals surface area contributed by atoms with E-state index in [1.54, 1.807) is 13.8 Å². The number of benzene rings is 1. The Bertz CT molecular complexity index is 496. The van der Waals surface area contributed by atoms with Gasteiger partial charge in [0.2, 0.25) is 5.91 Å². The molecule has 0 heterocycles. The van der Waals surface area contributed by atoms with Crippen molar-refractivity contribution in [2.24, 2.45) is 0 Å². The molecule has 0 radical (unpaired) electrons. The first-order chi connectivity index (χ1) is 8.40. The molecule has 3 nitrogen and oxygen atoms in total. The van der Waals surface area contributed by atoms with Gasteiger partial charge in [0.15, 0.2) is 11.6 Å². The van der Waals surface area contributed by atoms with Crippen LogP contribution in [0.25, 0.3) is 0 Å². The minimum atomic E-state index is -0.987. The largest absolute Gasteiger partial charge is 0.338 e. The molecule has 1 N–H and O–H groups in total. The van der Waals surface area contributed by atoms with Crippen molar-refractivity contribution in [1.82, 2.24) is 5.32 Å². The summed E-state index contributed by atoms with van der Waals surface area (Å²) in [7, 11) is 0. The lowest BCUT2D eigenvalue weighted by molar-refractivity contribution is -0.121. The average Bonchev–Trinajstić information content (AvgIpc) is 2.33. The Kier molecular flexibility index (Phi) is 4.38. The number of carbonyl (C=O) groups is 1. The summed E-state index contributed by atoms with van der Waals surface area (Å²) in [5, 5.41) is 11.5. The predicted octanol–water partition coefficient (Wildman–Crippen LogP) is 2.32. The minimum Gasteiger partial charge on any atom is -0.338 e. The number of carbonyl (C=O) groups excluding carboxylic acids is 1. The molecule has 1 amide bonds. The van der Waals surface area contributed by atoms with E-state index in [4.69, 9.17) is 5.26 Å². The van der Waals surface area contributed by atoms with Crippen molar-refractivity contribution < 1.29 is 13.6 Å². The standard InChI is InChI=1S/C13H14F2N2O/c1-3-13(2,8-16)17-12(18)7-9-4-5-10(14)11(15)6-9/h4-6H,3,7H2,1-2H3,(H,17,18). The quantitative estimate of drug-likeness (QED) is 0.894. The van der Waals surface area contributed by atoms with E-state index in [0.717, 1.165) is 12.1 Å². The zero-order valence-corrected chi connectivity index (χ0v) is 10.3. The van der Waals surface area contributed by atoms with Crippen LogP contribution in [-0.4, -0.2) is 11.4 Å². The molecular weight excluding hydrogens is 238 g/mol. The number of nitrogens with zero attached hydrogens (tertiary/aromatic N) is 1. The van der Waals surface area contributed by atoms with E-state index in [0.29, 0.717) is 12.0 Å². The number of hydrogen-bond acceptors (Lipinski definition) is 2. The van der Waals surface area contributed by atoms with Gasteiger partial charge in [-0.15, -0.1) is 0 Å². The average molecular weight is 252 g/mol. The number of nitriles is 1. The van der Waals surface area contributed by atoms with Crippen molar-refractivity contribution in [2.45, 2.75) is 32.2 Å². The summed E-state index contributed by atoms with van der Waals surface area (Å²) in [6.45, 7) is 3.39. The van der Waals surface area contributed by atoms with Gasteiger partial charge in [0.25, 0.3) is 0 Å². The Hall–Kier alpha value is -1.96. The summed E-state index contributed by atoms with van der Waals surface area (Å²) in [6.07, 6.45) is 0.376. The third-order valence-electron chi connectivity index (χ3n) is 2.72. The van der Waals surface area contributed by atoms with E-state index in [-0.39, 0.29) is 6.42 Å². The lowest BCUT2D eigenvalue weighted by atomic mass is 10.0. The Morgan fingerprint density at radius 1 is 1.44 bits per heavy atom. The summed E-state index contributed by atoms with van der Waals surface area (Å²) in [4.78, 5) is 11.7. The second-order valence-corrected chi connectivity index (χ2v) is 4.27. The van der Waals surface area contributed by atoms with Crippen molar-refractivity contribution in [3.63, 3.8) is 0 Å². The minimum absolute atomic E-state index is 0.0888. The Morgan fingerprint density at radius 3 is 2.61 bits per heavy atom. The van der Waals surface area contributed by atoms with Crippen LogP contribution in [0, 0.1) is 23.0 Å². The fraction of sp³-hybridized carbons (Fsp3) is 0.385. The summed E-state index contributed by atoms with van der Waals surface area (Å²) in [6, 6.07) is 5.29. The third-order valence-corrected chi connectivity index (χ3v) is 2.72. The monoisotopic (exact) mass is 252 g/mol. The number of nitrogens with one attached hydrogen (secondary N) is 1. The maximum atomic E-state index is 12.9. The molecule has 0 saturated carbocycles. The molecular formula is C13H14F2N2O. The first-order valence-electron chi connectivity index (χ1n) is 5.56. The Balaban J connectivity index is 2.71. The van der Waals surface area contributed by atoms with Crippen LogP contribution in [0.5, 0.6) is 0 Å². The molecule has 1 aromatic rings. The third kappa shape index (κ3) is 3.52. The number of rotatable bonds is 4. The van der Waals surface area contributed by atoms with Crippen LogP contribution in [0.4, 0.5) is 8.78 Å². The van der Waals surface area contributed by atoms with Crippen LogP contribution in [0.2, 0.25) is 0 Å². The molecule has 0 aliphatic heterocycles. The van der Waals surface area contributed by atoms with E-state index in [2.05, 4.69) is 5.32 Å². The van der Waals surface area contributed by atoms with Crippen LogP contribution in [0.15, 0.2) is 18.2 Å². The van der Waals surface area contributed by atoms with Crippen molar-refractivity contribution in [3.05, 3.63) is 35.4 Å². The molecule has 0 bridgehead atoms. The van der Waals surface area contributed by atoms with Crippen molar-refractivity contribution in [1.29, 1.82) is 5.26 Å². The number of hydrogen-bond donors (Lipinski definition) is 1. The van der Waals surface area contributed by atoms with Gasteiger partial charge in [-0.1, -0.05) is 13.0 Å². The molecule has 0 spiro atoms. The topological polar surface area (TPSA) is 52.9 Å². The van der Waals surface area contributed by atoms with Gasteiger partial charge in [-0.25, -0.2) is 8.78 Å². The SMILES string of the molecule is CCC(C)(C#N)NC(=O)Cc1ccc(F)c(F)c1. The van der Waals surface area contributed by atoms with Crippen LogP contribution in [0.3, 0.4) is 0 Å². The van der Waals surface area contributed by atoms with E-state index in [1.807, 2.05) is 6.07 Å². The number of halogens is 2. The molecule has 0 aliphatic carbocycles. The van der Waals surface area contributed by atoms with E-state index < -0.39 is 23.1 Å². The van der Waals surface area contributed by atoms with Crippen molar-refractivity contribution in [2.75, 3.05) is 0 Å². The van der Waals surface area contributed by atoms with Gasteiger partial charge >= 0.3 is 0 Å². The molecule has 0 aliphatic rings. The fourth-order valence-electron chi connectivity index (χ4n) is 1.38. The van der Waals surface area contributed by atoms with Gasteiger partial charge in [-0.05, 0) is 31.0 Å². The van der Waals surface area contributed by atoms with Gasteiger partial charge in [0.05, 0.1) is 12.5 Å². The summed E-state index contributed by atoms with van der Waals surface area (Å²) >= 11 is 0. The molecule has 0 saturated heterocycles. The normalized spacial score (nSPS) is 13.5. The highest BCUT2D eigenvalue weighted by Crippen LogP contribution is 2.11. The molecule has 96 valence electrons. The molecule has 1 rings (SSSR count). The zero-order valence-electron chi connectivity index (χ0n) is 10.3. The Labute approximate surface area is 104 Å². The second-order valence-electron chi connectivity index (χ2n) is 4.27. The molecule has 1 atom stereocenters. The summed E-state index contributed by atoms with van der Waals surface area (Å²) in [5.74, 6) is -2.33. The predicted molar refractivity (Wildman–Crippen MR) is 62.5 cm³/mol. The molecule has 1 aromatic carbocycles. The van der Waals surface area contributed by atoms with Crippen molar-refractivity contribution >= 4 is 5.91 Å². The highest BCUT2D eigenvalue weighted by Gasteiger charge is 2.23. The van der Waals surface area contributed by atoms with E-state index >= 15 is 0 Å². The number of amides is 1. The van der Waals surface area contributed by atoms with Gasteiger partial charge < -0.3 is 5.32 Å². The van der Waals surface area contributed by atoms with E-state index in [1.165, 1.54) is 6.07 Å². The lowest BCUT2D eigenvalue weighted by Gasteiger charge is -2.21. The maximum absolute atomic E-state index is 12.9. The summed E-state index contributed by atoms with van der Waals surface area (Å²) in [5.41, 5.74) is -0.571.